The first kappa shape index (κ1) is 19.1. The lowest BCUT2D eigenvalue weighted by atomic mass is 10.1. The topological polar surface area (TPSA) is 97.4 Å². The molecule has 0 atom stereocenters. The van der Waals surface area contributed by atoms with Crippen molar-refractivity contribution in [3.63, 3.8) is 0 Å². The van der Waals surface area contributed by atoms with E-state index in [0.29, 0.717) is 12.3 Å². The number of esters is 1. The first-order valence-electron chi connectivity index (χ1n) is 8.37. The molecule has 2 aromatic rings. The summed E-state index contributed by atoms with van der Waals surface area (Å²) in [4.78, 5) is 40.2. The summed E-state index contributed by atoms with van der Waals surface area (Å²) in [6, 6.07) is 11.7. The van der Waals surface area contributed by atoms with Gasteiger partial charge >= 0.3 is 17.8 Å². The Hall–Kier alpha value is -3.22. The summed E-state index contributed by atoms with van der Waals surface area (Å²) in [6.07, 6.45) is 3.26. The number of pyridine rings is 1. The van der Waals surface area contributed by atoms with Crippen molar-refractivity contribution in [3.05, 3.63) is 59.9 Å². The van der Waals surface area contributed by atoms with E-state index in [1.165, 1.54) is 6.07 Å². The number of anilines is 1. The minimum absolute atomic E-state index is 0.133. The predicted molar refractivity (Wildman–Crippen MR) is 96.3 cm³/mol. The number of para-hydroxylation sites is 1. The lowest BCUT2D eigenvalue weighted by Gasteiger charge is -2.11. The van der Waals surface area contributed by atoms with E-state index in [1.54, 1.807) is 42.6 Å². The number of nitrogens with one attached hydrogen (secondary N) is 2. The number of rotatable bonds is 7. The van der Waals surface area contributed by atoms with Gasteiger partial charge in [0.2, 0.25) is 0 Å². The zero-order chi connectivity index (χ0) is 18.8. The van der Waals surface area contributed by atoms with Crippen LogP contribution >= 0.6 is 0 Å². The molecule has 0 aliphatic rings. The largest absolute Gasteiger partial charge is 0.462 e. The summed E-state index contributed by atoms with van der Waals surface area (Å²) < 4.78 is 5.16. The third-order valence-corrected chi connectivity index (χ3v) is 3.49. The first-order chi connectivity index (χ1) is 12.6. The molecule has 0 radical (unpaired) electrons. The average Bonchev–Trinajstić information content (AvgIpc) is 2.67. The maximum atomic E-state index is 12.1. The Morgan fingerprint density at radius 1 is 1.04 bits per heavy atom. The second-order valence-electron chi connectivity index (χ2n) is 5.49. The van der Waals surface area contributed by atoms with Crippen molar-refractivity contribution in [2.24, 2.45) is 0 Å². The van der Waals surface area contributed by atoms with Gasteiger partial charge in [0.05, 0.1) is 30.1 Å². The minimum Gasteiger partial charge on any atom is -0.462 e. The maximum Gasteiger partial charge on any atom is 0.340 e. The molecule has 0 aliphatic carbocycles. The molecule has 0 saturated heterocycles. The smallest absolute Gasteiger partial charge is 0.340 e. The highest BCUT2D eigenvalue weighted by Gasteiger charge is 2.18. The lowest BCUT2D eigenvalue weighted by molar-refractivity contribution is -0.136. The molecule has 1 aromatic carbocycles. The fraction of sp³-hybridized carbons (Fsp3) is 0.263. The molecule has 0 spiro atoms. The van der Waals surface area contributed by atoms with E-state index >= 15 is 0 Å². The molecule has 26 heavy (non-hydrogen) atoms. The third kappa shape index (κ3) is 5.70. The van der Waals surface area contributed by atoms with E-state index < -0.39 is 17.8 Å². The summed E-state index contributed by atoms with van der Waals surface area (Å²) in [6.45, 7) is 2.43. The number of ether oxygens (including phenoxy) is 1. The van der Waals surface area contributed by atoms with E-state index in [2.05, 4.69) is 15.6 Å². The number of nitrogens with zero attached hydrogens (tertiary/aromatic N) is 1. The van der Waals surface area contributed by atoms with Crippen molar-refractivity contribution in [1.29, 1.82) is 0 Å². The molecule has 2 amide bonds. The zero-order valence-electron chi connectivity index (χ0n) is 14.5. The van der Waals surface area contributed by atoms with Gasteiger partial charge in [0.1, 0.15) is 0 Å². The molecular weight excluding hydrogens is 334 g/mol. The van der Waals surface area contributed by atoms with Crippen molar-refractivity contribution in [1.82, 2.24) is 10.3 Å². The Morgan fingerprint density at radius 3 is 2.54 bits per heavy atom. The van der Waals surface area contributed by atoms with Crippen LogP contribution in [-0.4, -0.2) is 29.4 Å². The molecule has 1 heterocycles. The Morgan fingerprint density at radius 2 is 1.81 bits per heavy atom. The SMILES string of the molecule is CCCCOC(=O)c1ccccc1NC(=O)C(=O)NCc1ccccn1. The predicted octanol–water partition coefficient (Wildman–Crippen LogP) is 2.29. The van der Waals surface area contributed by atoms with Crippen LogP contribution < -0.4 is 10.6 Å². The van der Waals surface area contributed by atoms with Crippen molar-refractivity contribution in [2.45, 2.75) is 26.3 Å². The van der Waals surface area contributed by atoms with Gasteiger partial charge in [-0.3, -0.25) is 14.6 Å². The molecule has 7 heteroatoms. The molecule has 7 nitrogen and oxygen atoms in total. The highest BCUT2D eigenvalue weighted by molar-refractivity contribution is 6.39. The van der Waals surface area contributed by atoms with Crippen molar-refractivity contribution < 1.29 is 19.1 Å². The second-order valence-corrected chi connectivity index (χ2v) is 5.49. The van der Waals surface area contributed by atoms with Crippen molar-refractivity contribution in [2.75, 3.05) is 11.9 Å². The monoisotopic (exact) mass is 355 g/mol. The summed E-state index contributed by atoms with van der Waals surface area (Å²) in [5, 5.41) is 4.93. The Balaban J connectivity index is 1.95. The Bertz CT molecular complexity index is 762. The average molecular weight is 355 g/mol. The summed E-state index contributed by atoms with van der Waals surface area (Å²) in [5.41, 5.74) is 1.06. The van der Waals surface area contributed by atoms with Crippen LogP contribution in [0.3, 0.4) is 0 Å². The molecule has 0 aliphatic heterocycles. The molecule has 2 rings (SSSR count). The van der Waals surface area contributed by atoms with Gasteiger partial charge in [-0.1, -0.05) is 31.5 Å². The van der Waals surface area contributed by atoms with Crippen molar-refractivity contribution >= 4 is 23.5 Å². The fourth-order valence-corrected chi connectivity index (χ4v) is 2.09. The van der Waals surface area contributed by atoms with E-state index in [1.807, 2.05) is 6.92 Å². The van der Waals surface area contributed by atoms with E-state index in [0.717, 1.165) is 12.8 Å². The van der Waals surface area contributed by atoms with Crippen molar-refractivity contribution in [3.8, 4) is 0 Å². The first-order valence-corrected chi connectivity index (χ1v) is 8.37. The van der Waals surface area contributed by atoms with Crippen LogP contribution in [0.15, 0.2) is 48.7 Å². The van der Waals surface area contributed by atoms with Gasteiger partial charge in [-0.25, -0.2) is 4.79 Å². The number of unbranched alkanes of at least 4 members (excludes halogenated alkanes) is 1. The molecular formula is C19H21N3O4. The lowest BCUT2D eigenvalue weighted by Crippen LogP contribution is -2.35. The van der Waals surface area contributed by atoms with Crippen LogP contribution in [0.25, 0.3) is 0 Å². The van der Waals surface area contributed by atoms with Gasteiger partial charge in [0, 0.05) is 6.20 Å². The van der Waals surface area contributed by atoms with Crippen LogP contribution in [0.5, 0.6) is 0 Å². The van der Waals surface area contributed by atoms with E-state index in [9.17, 15) is 14.4 Å². The number of carbonyl (C=O) groups is 3. The molecule has 0 unspecified atom stereocenters. The quantitative estimate of drug-likeness (QED) is 0.451. The number of aromatic nitrogens is 1. The Labute approximate surface area is 151 Å². The Kier molecular flexibility index (Phi) is 7.30. The summed E-state index contributed by atoms with van der Waals surface area (Å²) in [5.74, 6) is -2.22. The summed E-state index contributed by atoms with van der Waals surface area (Å²) >= 11 is 0. The van der Waals surface area contributed by atoms with E-state index in [-0.39, 0.29) is 17.8 Å². The minimum atomic E-state index is -0.866. The third-order valence-electron chi connectivity index (χ3n) is 3.49. The highest BCUT2D eigenvalue weighted by Crippen LogP contribution is 2.16. The number of carbonyl (C=O) groups excluding carboxylic acids is 3. The van der Waals surface area contributed by atoms with Crippen LogP contribution in [0, 0.1) is 0 Å². The van der Waals surface area contributed by atoms with Gasteiger partial charge < -0.3 is 15.4 Å². The van der Waals surface area contributed by atoms with Gasteiger partial charge in [-0.2, -0.15) is 0 Å². The molecule has 136 valence electrons. The fourth-order valence-electron chi connectivity index (χ4n) is 2.09. The standard InChI is InChI=1S/C19H21N3O4/c1-2-3-12-26-19(25)15-9-4-5-10-16(15)22-18(24)17(23)21-13-14-8-6-7-11-20-14/h4-11H,2-3,12-13H2,1H3,(H,21,23)(H,22,24). The molecule has 1 aromatic heterocycles. The highest BCUT2D eigenvalue weighted by atomic mass is 16.5. The number of benzene rings is 1. The van der Waals surface area contributed by atoms with Gasteiger partial charge in [-0.15, -0.1) is 0 Å². The zero-order valence-corrected chi connectivity index (χ0v) is 14.5. The molecule has 0 bridgehead atoms. The number of amides is 2. The van der Waals surface area contributed by atoms with Gasteiger partial charge in [0.25, 0.3) is 0 Å². The van der Waals surface area contributed by atoms with Gasteiger partial charge in [0.15, 0.2) is 0 Å². The van der Waals surface area contributed by atoms with Crippen LogP contribution in [0.1, 0.15) is 35.8 Å². The summed E-state index contributed by atoms with van der Waals surface area (Å²) in [7, 11) is 0. The molecule has 2 N–H and O–H groups in total. The number of hydrogen-bond acceptors (Lipinski definition) is 5. The maximum absolute atomic E-state index is 12.1. The van der Waals surface area contributed by atoms with Gasteiger partial charge in [-0.05, 0) is 30.7 Å². The molecule has 0 fully saturated rings. The van der Waals surface area contributed by atoms with E-state index in [4.69, 9.17) is 4.74 Å². The number of hydrogen-bond donors (Lipinski definition) is 2. The normalized spacial score (nSPS) is 10.0. The molecule has 0 saturated carbocycles. The van der Waals surface area contributed by atoms with Crippen LogP contribution in [0.4, 0.5) is 5.69 Å². The van der Waals surface area contributed by atoms with Crippen LogP contribution in [-0.2, 0) is 20.9 Å². The second kappa shape index (κ2) is 9.93. The van der Waals surface area contributed by atoms with Crippen LogP contribution in [0.2, 0.25) is 0 Å².